The van der Waals surface area contributed by atoms with Crippen LogP contribution < -0.4 is 5.32 Å². The average Bonchev–Trinajstić information content (AvgIpc) is 2.30. The molecule has 0 radical (unpaired) electrons. The minimum atomic E-state index is -0.346. The summed E-state index contributed by atoms with van der Waals surface area (Å²) >= 11 is 0. The molecule has 0 saturated carbocycles. The Morgan fingerprint density at radius 1 is 1.50 bits per heavy atom. The Bertz CT molecular complexity index is 213. The van der Waals surface area contributed by atoms with Crippen molar-refractivity contribution in [2.75, 3.05) is 33.3 Å². The normalized spacial score (nSPS) is 20.7. The van der Waals surface area contributed by atoms with Crippen LogP contribution in [0.5, 0.6) is 0 Å². The van der Waals surface area contributed by atoms with E-state index < -0.39 is 0 Å². The first-order valence-electron chi connectivity index (χ1n) is 6.16. The zero-order valence-corrected chi connectivity index (χ0v) is 10.7. The molecule has 0 aliphatic carbocycles. The average molecular weight is 228 g/mol. The zero-order valence-electron chi connectivity index (χ0n) is 10.7. The molecule has 1 unspecified atom stereocenters. The molecule has 4 nitrogen and oxygen atoms in total. The highest BCUT2D eigenvalue weighted by atomic mass is 16.5. The molecule has 4 heteroatoms. The van der Waals surface area contributed by atoms with Gasteiger partial charge >= 0.3 is 0 Å². The van der Waals surface area contributed by atoms with Crippen molar-refractivity contribution in [3.63, 3.8) is 0 Å². The second kappa shape index (κ2) is 6.86. The molecule has 0 aromatic rings. The second-order valence-corrected chi connectivity index (χ2v) is 4.69. The number of nitrogens with zero attached hydrogens (tertiary/aromatic N) is 1. The van der Waals surface area contributed by atoms with E-state index in [-0.39, 0.29) is 12.0 Å². The van der Waals surface area contributed by atoms with Gasteiger partial charge in [0.1, 0.15) is 6.10 Å². The van der Waals surface area contributed by atoms with Crippen LogP contribution in [0.15, 0.2) is 0 Å². The summed E-state index contributed by atoms with van der Waals surface area (Å²) in [4.78, 5) is 13.8. The smallest absolute Gasteiger partial charge is 0.248 e. The largest absolute Gasteiger partial charge is 0.372 e. The Morgan fingerprint density at radius 2 is 2.12 bits per heavy atom. The quantitative estimate of drug-likeness (QED) is 0.759. The van der Waals surface area contributed by atoms with Crippen LogP contribution in [0.4, 0.5) is 0 Å². The van der Waals surface area contributed by atoms with Gasteiger partial charge in [-0.3, -0.25) is 4.79 Å². The van der Waals surface area contributed by atoms with Crippen LogP contribution in [0.3, 0.4) is 0 Å². The third-order valence-corrected chi connectivity index (χ3v) is 3.33. The van der Waals surface area contributed by atoms with E-state index in [1.54, 1.807) is 14.0 Å². The molecule has 1 amide bonds. The number of likely N-dealkylation sites (tertiary alicyclic amines) is 1. The van der Waals surface area contributed by atoms with E-state index in [1.165, 1.54) is 12.8 Å². The number of methoxy groups -OCH3 is 1. The molecule has 16 heavy (non-hydrogen) atoms. The fourth-order valence-electron chi connectivity index (χ4n) is 1.87. The summed E-state index contributed by atoms with van der Waals surface area (Å²) < 4.78 is 4.94. The van der Waals surface area contributed by atoms with Crippen LogP contribution in [0.2, 0.25) is 0 Å². The highest BCUT2D eigenvalue weighted by Gasteiger charge is 2.16. The Labute approximate surface area is 98.3 Å². The van der Waals surface area contributed by atoms with Crippen molar-refractivity contribution in [3.8, 4) is 0 Å². The van der Waals surface area contributed by atoms with Crippen molar-refractivity contribution < 1.29 is 9.53 Å². The molecule has 1 rings (SSSR count). The summed E-state index contributed by atoms with van der Waals surface area (Å²) in [6.07, 6.45) is 2.21. The maximum absolute atomic E-state index is 11.4. The van der Waals surface area contributed by atoms with Crippen LogP contribution in [0.1, 0.15) is 26.7 Å². The number of carbonyl (C=O) groups excluding carboxylic acids is 1. The number of nitrogens with one attached hydrogen (secondary N) is 1. The number of amides is 1. The SMILES string of the molecule is COC(C)C(=O)NCCN1CCC(C)CC1. The van der Waals surface area contributed by atoms with Crippen molar-refractivity contribution >= 4 is 5.91 Å². The monoisotopic (exact) mass is 228 g/mol. The van der Waals surface area contributed by atoms with Crippen molar-refractivity contribution in [2.45, 2.75) is 32.8 Å². The summed E-state index contributed by atoms with van der Waals surface area (Å²) in [7, 11) is 1.55. The molecular weight excluding hydrogens is 204 g/mol. The van der Waals surface area contributed by atoms with Crippen molar-refractivity contribution in [1.29, 1.82) is 0 Å². The summed E-state index contributed by atoms with van der Waals surface area (Å²) in [5, 5.41) is 2.89. The topological polar surface area (TPSA) is 41.6 Å². The van der Waals surface area contributed by atoms with Crippen LogP contribution in [0, 0.1) is 5.92 Å². The zero-order chi connectivity index (χ0) is 12.0. The van der Waals surface area contributed by atoms with Gasteiger partial charge in [0.2, 0.25) is 5.91 Å². The van der Waals surface area contributed by atoms with Gasteiger partial charge in [-0.2, -0.15) is 0 Å². The fraction of sp³-hybridized carbons (Fsp3) is 0.917. The lowest BCUT2D eigenvalue weighted by Crippen LogP contribution is -2.41. The fourth-order valence-corrected chi connectivity index (χ4v) is 1.87. The lowest BCUT2D eigenvalue weighted by atomic mass is 9.99. The molecule has 1 atom stereocenters. The molecule has 1 aliphatic rings. The highest BCUT2D eigenvalue weighted by molar-refractivity contribution is 5.80. The molecule has 0 aromatic heterocycles. The first-order valence-corrected chi connectivity index (χ1v) is 6.16. The lowest BCUT2D eigenvalue weighted by Gasteiger charge is -2.30. The van der Waals surface area contributed by atoms with Crippen molar-refractivity contribution in [3.05, 3.63) is 0 Å². The molecule has 0 bridgehead atoms. The van der Waals surface area contributed by atoms with Gasteiger partial charge < -0.3 is 15.0 Å². The molecule has 94 valence electrons. The van der Waals surface area contributed by atoms with Gasteiger partial charge in [-0.25, -0.2) is 0 Å². The van der Waals surface area contributed by atoms with E-state index >= 15 is 0 Å². The van der Waals surface area contributed by atoms with Crippen LogP contribution in [0.25, 0.3) is 0 Å². The highest BCUT2D eigenvalue weighted by Crippen LogP contribution is 2.14. The van der Waals surface area contributed by atoms with E-state index in [4.69, 9.17) is 4.74 Å². The molecule has 0 aromatic carbocycles. The molecule has 1 saturated heterocycles. The van der Waals surface area contributed by atoms with Gasteiger partial charge in [0.25, 0.3) is 0 Å². The maximum Gasteiger partial charge on any atom is 0.248 e. The van der Waals surface area contributed by atoms with Crippen molar-refractivity contribution in [2.24, 2.45) is 5.92 Å². The summed E-state index contributed by atoms with van der Waals surface area (Å²) in [5.41, 5.74) is 0. The third-order valence-electron chi connectivity index (χ3n) is 3.33. The Morgan fingerprint density at radius 3 is 2.69 bits per heavy atom. The van der Waals surface area contributed by atoms with E-state index in [9.17, 15) is 4.79 Å². The summed E-state index contributed by atoms with van der Waals surface area (Å²) in [6.45, 7) is 8.07. The molecule has 1 heterocycles. The Hall–Kier alpha value is -0.610. The van der Waals surface area contributed by atoms with Gasteiger partial charge in [-0.05, 0) is 38.8 Å². The molecular formula is C12H24N2O2. The first kappa shape index (κ1) is 13.5. The number of rotatable bonds is 5. The second-order valence-electron chi connectivity index (χ2n) is 4.69. The number of hydrogen-bond acceptors (Lipinski definition) is 3. The van der Waals surface area contributed by atoms with E-state index in [0.717, 1.165) is 32.1 Å². The van der Waals surface area contributed by atoms with Gasteiger partial charge in [0.15, 0.2) is 0 Å². The summed E-state index contributed by atoms with van der Waals surface area (Å²) in [6, 6.07) is 0. The molecule has 1 fully saturated rings. The lowest BCUT2D eigenvalue weighted by molar-refractivity contribution is -0.130. The van der Waals surface area contributed by atoms with Crippen molar-refractivity contribution in [1.82, 2.24) is 10.2 Å². The van der Waals surface area contributed by atoms with E-state index in [2.05, 4.69) is 17.1 Å². The number of carbonyl (C=O) groups is 1. The van der Waals surface area contributed by atoms with Crippen LogP contribution >= 0.6 is 0 Å². The van der Waals surface area contributed by atoms with E-state index in [1.807, 2.05) is 0 Å². The molecule has 0 spiro atoms. The molecule has 1 N–H and O–H groups in total. The Balaban J connectivity index is 2.09. The van der Waals surface area contributed by atoms with Gasteiger partial charge in [0.05, 0.1) is 0 Å². The third kappa shape index (κ3) is 4.49. The first-order chi connectivity index (χ1) is 7.63. The minimum absolute atomic E-state index is 0.0205. The van der Waals surface area contributed by atoms with Gasteiger partial charge in [-0.15, -0.1) is 0 Å². The molecule has 1 aliphatic heterocycles. The standard InChI is InChI=1S/C12H24N2O2/c1-10-4-7-14(8-5-10)9-6-13-12(15)11(2)16-3/h10-11H,4-9H2,1-3H3,(H,13,15). The predicted molar refractivity (Wildman–Crippen MR) is 64.3 cm³/mol. The van der Waals surface area contributed by atoms with Gasteiger partial charge in [0, 0.05) is 20.2 Å². The number of ether oxygens (including phenoxy) is 1. The predicted octanol–water partition coefficient (Wildman–Crippen LogP) is 0.869. The number of hydrogen-bond donors (Lipinski definition) is 1. The Kier molecular flexibility index (Phi) is 5.77. The maximum atomic E-state index is 11.4. The minimum Gasteiger partial charge on any atom is -0.372 e. The van der Waals surface area contributed by atoms with Crippen LogP contribution in [-0.2, 0) is 9.53 Å². The van der Waals surface area contributed by atoms with Gasteiger partial charge in [-0.1, -0.05) is 6.92 Å². The number of piperidine rings is 1. The summed E-state index contributed by atoms with van der Waals surface area (Å²) in [5.74, 6) is 0.840. The van der Waals surface area contributed by atoms with E-state index in [0.29, 0.717) is 0 Å². The van der Waals surface area contributed by atoms with Crippen LogP contribution in [-0.4, -0.2) is 50.2 Å².